The third kappa shape index (κ3) is 7.47. The number of nitrogens with zero attached hydrogens (tertiary/aromatic N) is 3. The molecule has 1 heterocycles. The van der Waals surface area contributed by atoms with Crippen LogP contribution in [0.4, 0.5) is 10.3 Å². The summed E-state index contributed by atoms with van der Waals surface area (Å²) in [6.07, 6.45) is 1.20. The first-order valence-electron chi connectivity index (χ1n) is 10.2. The highest BCUT2D eigenvalue weighted by atomic mass is 32.3. The van der Waals surface area contributed by atoms with Crippen LogP contribution in [0.15, 0.2) is 30.3 Å². The Kier molecular flexibility index (Phi) is 8.92. The molecule has 0 amide bonds. The number of carboxylic acids is 1. The fourth-order valence-electron chi connectivity index (χ4n) is 3.05. The van der Waals surface area contributed by atoms with Crippen LogP contribution in [0, 0.1) is 5.82 Å². The normalized spacial score (nSPS) is 14.5. The molecule has 0 saturated carbocycles. The maximum absolute atomic E-state index is 13.5. The molecule has 182 valence electrons. The van der Waals surface area contributed by atoms with Crippen molar-refractivity contribution in [2.75, 3.05) is 17.6 Å². The molecule has 2 atom stereocenters. The first kappa shape index (κ1) is 26.7. The molecule has 2 rings (SSSR count). The third-order valence-corrected chi connectivity index (χ3v) is 6.04. The van der Waals surface area contributed by atoms with Gasteiger partial charge in [0.05, 0.1) is 30.0 Å². The molecule has 0 unspecified atom stereocenters. The number of benzene rings is 1. The van der Waals surface area contributed by atoms with E-state index in [4.69, 9.17) is 5.11 Å². The van der Waals surface area contributed by atoms with Crippen molar-refractivity contribution < 1.29 is 33.6 Å². The van der Waals surface area contributed by atoms with E-state index in [1.807, 2.05) is 13.8 Å². The van der Waals surface area contributed by atoms with Crippen molar-refractivity contribution >= 4 is 28.8 Å². The molecular formula is C22H30FN3O6S. The topological polar surface area (TPSA) is 147 Å². The van der Waals surface area contributed by atoms with Gasteiger partial charge >= 0.3 is 5.97 Å². The first-order valence-corrected chi connectivity index (χ1v) is 12.1. The fraction of sp³-hybridized carbons (Fsp3) is 0.409. The quantitative estimate of drug-likeness (QED) is 0.341. The zero-order chi connectivity index (χ0) is 24.9. The van der Waals surface area contributed by atoms with E-state index in [0.717, 1.165) is 4.31 Å². The lowest BCUT2D eigenvalue weighted by Gasteiger charge is -2.37. The number of aliphatic carboxylic acids is 1. The Bertz CT molecular complexity index is 995. The van der Waals surface area contributed by atoms with Crippen molar-refractivity contribution in [1.29, 1.82) is 0 Å². The van der Waals surface area contributed by atoms with E-state index >= 15 is 0 Å². The third-order valence-electron chi connectivity index (χ3n) is 4.84. The molecule has 33 heavy (non-hydrogen) atoms. The van der Waals surface area contributed by atoms with Gasteiger partial charge in [-0.2, -0.15) is 0 Å². The summed E-state index contributed by atoms with van der Waals surface area (Å²) in [6.45, 7) is 3.77. The lowest BCUT2D eigenvalue weighted by atomic mass is 9.97. The highest BCUT2D eigenvalue weighted by molar-refractivity contribution is 8.24. The van der Waals surface area contributed by atoms with Crippen LogP contribution in [0.25, 0.3) is 17.3 Å². The number of anilines is 1. The molecule has 11 heteroatoms. The van der Waals surface area contributed by atoms with Crippen LogP contribution in [0.2, 0.25) is 0 Å². The van der Waals surface area contributed by atoms with Gasteiger partial charge in [-0.05, 0) is 30.2 Å². The van der Waals surface area contributed by atoms with Crippen LogP contribution in [-0.4, -0.2) is 65.9 Å². The van der Waals surface area contributed by atoms with Crippen LogP contribution in [-0.2, 0) is 4.79 Å². The number of hydrogen-bond donors (Lipinski definition) is 5. The summed E-state index contributed by atoms with van der Waals surface area (Å²) in [5.74, 6) is -1.67. The molecular weight excluding hydrogens is 453 g/mol. The second-order valence-electron chi connectivity index (χ2n) is 8.04. The van der Waals surface area contributed by atoms with Crippen molar-refractivity contribution in [3.63, 3.8) is 0 Å². The molecule has 0 fully saturated rings. The molecule has 9 nitrogen and oxygen atoms in total. The van der Waals surface area contributed by atoms with Gasteiger partial charge < -0.3 is 15.3 Å². The Labute approximate surface area is 193 Å². The highest BCUT2D eigenvalue weighted by Crippen LogP contribution is 2.41. The lowest BCUT2D eigenvalue weighted by Crippen LogP contribution is -2.24. The minimum Gasteiger partial charge on any atom is -0.481 e. The summed E-state index contributed by atoms with van der Waals surface area (Å²) in [5.41, 5.74) is 1.99. The Morgan fingerprint density at radius 2 is 1.79 bits per heavy atom. The van der Waals surface area contributed by atoms with E-state index in [2.05, 4.69) is 9.97 Å². The van der Waals surface area contributed by atoms with E-state index in [-0.39, 0.29) is 18.3 Å². The molecule has 0 saturated heterocycles. The molecule has 0 radical (unpaired) electrons. The predicted octanol–water partition coefficient (Wildman–Crippen LogP) is 3.74. The first-order chi connectivity index (χ1) is 15.3. The van der Waals surface area contributed by atoms with E-state index in [9.17, 15) is 28.5 Å². The van der Waals surface area contributed by atoms with Crippen molar-refractivity contribution in [1.82, 2.24) is 9.97 Å². The van der Waals surface area contributed by atoms with Gasteiger partial charge in [-0.15, -0.1) is 10.8 Å². The van der Waals surface area contributed by atoms with Gasteiger partial charge in [-0.1, -0.05) is 26.0 Å². The second-order valence-corrected chi connectivity index (χ2v) is 10.2. The van der Waals surface area contributed by atoms with Crippen LogP contribution >= 0.6 is 10.8 Å². The van der Waals surface area contributed by atoms with E-state index in [1.54, 1.807) is 6.08 Å². The molecule has 5 N–H and O–H groups in total. The van der Waals surface area contributed by atoms with Crippen molar-refractivity contribution in [3.05, 3.63) is 47.4 Å². The van der Waals surface area contributed by atoms with Gasteiger partial charge in [0, 0.05) is 30.9 Å². The molecule has 0 aliphatic rings. The van der Waals surface area contributed by atoms with Gasteiger partial charge in [-0.25, -0.2) is 18.7 Å². The molecule has 0 aliphatic carbocycles. The van der Waals surface area contributed by atoms with Crippen LogP contribution in [0.5, 0.6) is 0 Å². The van der Waals surface area contributed by atoms with Crippen LogP contribution in [0.3, 0.4) is 0 Å². The minimum atomic E-state index is -3.15. The smallest absolute Gasteiger partial charge is 0.305 e. The standard InChI is InChI=1S/C22H30FN3O6S/c1-13(2)20-18(10-9-16(27)11-17(28)12-19(29)30)21(14-5-7-15(23)8-6-14)25-22(24-20)26(3)33(4,31)32/h5-10,13,16-17,27-28,31-32H,11-12H2,1-4H3,(H,29,30)/t16-,17-/m1/s1. The predicted molar refractivity (Wildman–Crippen MR) is 127 cm³/mol. The number of rotatable bonds is 10. The minimum absolute atomic E-state index is 0.0649. The zero-order valence-electron chi connectivity index (χ0n) is 18.9. The summed E-state index contributed by atoms with van der Waals surface area (Å²) in [7, 11) is -1.70. The van der Waals surface area contributed by atoms with Crippen molar-refractivity contribution in [2.45, 2.75) is 44.8 Å². The zero-order valence-corrected chi connectivity index (χ0v) is 19.7. The molecule has 1 aromatic carbocycles. The second kappa shape index (κ2) is 11.0. The average molecular weight is 484 g/mol. The Morgan fingerprint density at radius 3 is 2.30 bits per heavy atom. The number of carboxylic acid groups (broad SMARTS) is 1. The molecule has 0 aliphatic heterocycles. The summed E-state index contributed by atoms with van der Waals surface area (Å²) in [6, 6.07) is 5.60. The monoisotopic (exact) mass is 483 g/mol. The SMILES string of the molecule is CC(C)c1nc(N(C)S(C)(O)O)nc(-c2ccc(F)cc2)c1C=C[C@@H](O)C[C@@H](O)CC(=O)O. The Hall–Kier alpha value is -2.57. The Balaban J connectivity index is 2.59. The van der Waals surface area contributed by atoms with Crippen LogP contribution in [0.1, 0.15) is 43.9 Å². The van der Waals surface area contributed by atoms with Crippen LogP contribution < -0.4 is 4.31 Å². The summed E-state index contributed by atoms with van der Waals surface area (Å²) in [5, 5.41) is 28.8. The maximum atomic E-state index is 13.5. The molecule has 2 aromatic rings. The fourth-order valence-corrected chi connectivity index (χ4v) is 3.44. The van der Waals surface area contributed by atoms with Crippen molar-refractivity contribution in [2.24, 2.45) is 0 Å². The number of aliphatic hydroxyl groups is 2. The molecule has 0 bridgehead atoms. The summed E-state index contributed by atoms with van der Waals surface area (Å²) >= 11 is 0. The number of halogens is 1. The van der Waals surface area contributed by atoms with E-state index in [0.29, 0.717) is 22.5 Å². The summed E-state index contributed by atoms with van der Waals surface area (Å²) in [4.78, 5) is 19.7. The van der Waals surface area contributed by atoms with Gasteiger partial charge in [-0.3, -0.25) is 13.9 Å². The van der Waals surface area contributed by atoms with Gasteiger partial charge in [0.25, 0.3) is 0 Å². The molecule has 0 spiro atoms. The van der Waals surface area contributed by atoms with E-state index in [1.165, 1.54) is 43.6 Å². The summed E-state index contributed by atoms with van der Waals surface area (Å²) < 4.78 is 34.8. The average Bonchev–Trinajstić information content (AvgIpc) is 2.70. The highest BCUT2D eigenvalue weighted by Gasteiger charge is 2.23. The number of aliphatic hydroxyl groups excluding tert-OH is 2. The number of hydrogen-bond acceptors (Lipinski definition) is 8. The van der Waals surface area contributed by atoms with Gasteiger partial charge in [0.1, 0.15) is 5.82 Å². The van der Waals surface area contributed by atoms with E-state index < -0.39 is 41.2 Å². The van der Waals surface area contributed by atoms with Gasteiger partial charge in [0.2, 0.25) is 5.95 Å². The van der Waals surface area contributed by atoms with Crippen molar-refractivity contribution in [3.8, 4) is 11.3 Å². The largest absolute Gasteiger partial charge is 0.481 e. The maximum Gasteiger partial charge on any atom is 0.305 e. The number of carbonyl (C=O) groups is 1. The lowest BCUT2D eigenvalue weighted by molar-refractivity contribution is -0.139. The number of aromatic nitrogens is 2. The molecule has 1 aromatic heterocycles. The van der Waals surface area contributed by atoms with Gasteiger partial charge in [0.15, 0.2) is 0 Å². The Morgan fingerprint density at radius 1 is 1.18 bits per heavy atom.